The molecule has 1 unspecified atom stereocenters. The highest BCUT2D eigenvalue weighted by Crippen LogP contribution is 2.52. The molecule has 0 saturated carbocycles. The van der Waals surface area contributed by atoms with E-state index >= 15 is 0 Å². The van der Waals surface area contributed by atoms with Crippen LogP contribution in [-0.4, -0.2) is 5.78 Å². The molecule has 0 spiro atoms. The van der Waals surface area contributed by atoms with Gasteiger partial charge >= 0.3 is 0 Å². The first-order chi connectivity index (χ1) is 19.4. The number of nitrogens with zero attached hydrogens (tertiary/aromatic N) is 2. The maximum atomic E-state index is 14.0. The van der Waals surface area contributed by atoms with Crippen LogP contribution in [0.1, 0.15) is 54.9 Å². The number of nitrogens with two attached hydrogens (primary N) is 1. The highest BCUT2D eigenvalue weighted by molar-refractivity contribution is 6.43. The fourth-order valence-electron chi connectivity index (χ4n) is 5.83. The minimum atomic E-state index is -0.623. The van der Waals surface area contributed by atoms with Crippen molar-refractivity contribution in [1.29, 1.82) is 5.26 Å². The number of benzene rings is 3. The SMILES string of the molecule is Cc1cc(C)c(C2C(C#N)=C(N)N(c3cccc(Cl)c3Cl)C3=C2C(=O)CC(C)(C)C3)cc1COc1ccc(Cl)cc1. The van der Waals surface area contributed by atoms with Crippen molar-refractivity contribution in [2.45, 2.75) is 53.1 Å². The van der Waals surface area contributed by atoms with E-state index in [1.807, 2.05) is 32.0 Å². The van der Waals surface area contributed by atoms with Gasteiger partial charge in [-0.2, -0.15) is 5.26 Å². The number of carbonyl (C=O) groups excluding carboxylic acids is 1. The van der Waals surface area contributed by atoms with Crippen molar-refractivity contribution in [3.05, 3.63) is 115 Å². The number of halogens is 3. The van der Waals surface area contributed by atoms with Crippen LogP contribution >= 0.6 is 34.8 Å². The van der Waals surface area contributed by atoms with Crippen molar-refractivity contribution >= 4 is 46.3 Å². The maximum absolute atomic E-state index is 14.0. The molecule has 1 aliphatic carbocycles. The molecular formula is C33H30Cl3N3O2. The molecule has 0 aromatic heterocycles. The standard InChI is InChI=1S/C33H30Cl3N3O2/c1-18-12-19(2)23(13-20(18)17-41-22-10-8-21(34)9-11-22)29-24(16-37)32(38)39(26-7-5-6-25(35)31(26)36)27-14-33(3,4)15-28(40)30(27)29/h5-13,29H,14-15,17,38H2,1-4H3. The summed E-state index contributed by atoms with van der Waals surface area (Å²) in [7, 11) is 0. The lowest BCUT2D eigenvalue weighted by Crippen LogP contribution is -2.42. The first-order valence-corrected chi connectivity index (χ1v) is 14.4. The summed E-state index contributed by atoms with van der Waals surface area (Å²) >= 11 is 19.1. The van der Waals surface area contributed by atoms with Gasteiger partial charge in [0, 0.05) is 22.7 Å². The third kappa shape index (κ3) is 5.45. The Kier molecular flexibility index (Phi) is 7.87. The molecule has 5 rings (SSSR count). The first-order valence-electron chi connectivity index (χ1n) is 13.3. The van der Waals surface area contributed by atoms with E-state index < -0.39 is 5.92 Å². The number of carbonyl (C=O) groups is 1. The van der Waals surface area contributed by atoms with Crippen molar-refractivity contribution in [3.63, 3.8) is 0 Å². The molecule has 1 heterocycles. The van der Waals surface area contributed by atoms with Crippen LogP contribution in [0, 0.1) is 30.6 Å². The summed E-state index contributed by atoms with van der Waals surface area (Å²) in [6.07, 6.45) is 0.930. The van der Waals surface area contributed by atoms with E-state index in [1.165, 1.54) is 0 Å². The largest absolute Gasteiger partial charge is 0.489 e. The average Bonchev–Trinajstić information content (AvgIpc) is 2.90. The van der Waals surface area contributed by atoms with Crippen LogP contribution in [0.2, 0.25) is 15.1 Å². The molecule has 41 heavy (non-hydrogen) atoms. The lowest BCUT2D eigenvalue weighted by molar-refractivity contribution is -0.118. The maximum Gasteiger partial charge on any atom is 0.162 e. The molecule has 0 saturated heterocycles. The van der Waals surface area contributed by atoms with Gasteiger partial charge in [-0.05, 0) is 84.3 Å². The lowest BCUT2D eigenvalue weighted by atomic mass is 9.68. The molecule has 3 aromatic rings. The Labute approximate surface area is 255 Å². The van der Waals surface area contributed by atoms with Crippen LogP contribution in [-0.2, 0) is 11.4 Å². The number of hydrogen-bond donors (Lipinski definition) is 1. The van der Waals surface area contributed by atoms with Crippen molar-refractivity contribution in [3.8, 4) is 11.8 Å². The van der Waals surface area contributed by atoms with E-state index in [0.717, 1.165) is 28.0 Å². The van der Waals surface area contributed by atoms with Gasteiger partial charge in [0.1, 0.15) is 18.2 Å². The van der Waals surface area contributed by atoms with E-state index in [-0.39, 0.29) is 17.0 Å². The van der Waals surface area contributed by atoms with Crippen LogP contribution in [0.25, 0.3) is 0 Å². The van der Waals surface area contributed by atoms with Gasteiger partial charge in [-0.3, -0.25) is 9.69 Å². The molecule has 0 radical (unpaired) electrons. The summed E-state index contributed by atoms with van der Waals surface area (Å²) in [4.78, 5) is 15.7. The lowest BCUT2D eigenvalue weighted by Gasteiger charge is -2.44. The number of aryl methyl sites for hydroxylation is 2. The third-order valence-electron chi connectivity index (χ3n) is 7.80. The van der Waals surface area contributed by atoms with Crippen LogP contribution in [0.4, 0.5) is 5.69 Å². The Bertz CT molecular complexity index is 1670. The summed E-state index contributed by atoms with van der Waals surface area (Å²) in [5, 5.41) is 11.8. The Hall–Kier alpha value is -3.43. The molecule has 210 valence electrons. The Morgan fingerprint density at radius 2 is 1.76 bits per heavy atom. The molecule has 2 N–H and O–H groups in total. The second-order valence-electron chi connectivity index (χ2n) is 11.4. The number of anilines is 1. The summed E-state index contributed by atoms with van der Waals surface area (Å²) < 4.78 is 6.06. The second-order valence-corrected chi connectivity index (χ2v) is 12.7. The van der Waals surface area contributed by atoms with Gasteiger partial charge in [0.2, 0.25) is 0 Å². The van der Waals surface area contributed by atoms with Crippen molar-refractivity contribution in [2.75, 3.05) is 4.90 Å². The van der Waals surface area contributed by atoms with Crippen LogP contribution in [0.15, 0.2) is 77.3 Å². The van der Waals surface area contributed by atoms with Gasteiger partial charge < -0.3 is 10.5 Å². The minimum absolute atomic E-state index is 0.0106. The third-order valence-corrected chi connectivity index (χ3v) is 8.86. The monoisotopic (exact) mass is 605 g/mol. The zero-order valence-electron chi connectivity index (χ0n) is 23.3. The zero-order valence-corrected chi connectivity index (χ0v) is 25.6. The van der Waals surface area contributed by atoms with Gasteiger partial charge in [-0.1, -0.05) is 66.8 Å². The number of hydrogen-bond acceptors (Lipinski definition) is 5. The van der Waals surface area contributed by atoms with Crippen LogP contribution < -0.4 is 15.4 Å². The van der Waals surface area contributed by atoms with E-state index in [1.54, 1.807) is 35.2 Å². The number of nitriles is 1. The minimum Gasteiger partial charge on any atom is -0.489 e. The fourth-order valence-corrected chi connectivity index (χ4v) is 6.34. The van der Waals surface area contributed by atoms with Crippen molar-refractivity contribution in [1.82, 2.24) is 0 Å². The van der Waals surface area contributed by atoms with E-state index in [9.17, 15) is 10.1 Å². The predicted molar refractivity (Wildman–Crippen MR) is 165 cm³/mol. The normalized spacial score (nSPS) is 18.3. The number of Topliss-reactive ketones (excluding diaryl/α,β-unsaturated/α-hetero) is 1. The Morgan fingerprint density at radius 1 is 1.05 bits per heavy atom. The van der Waals surface area contributed by atoms with E-state index in [0.29, 0.717) is 57.1 Å². The number of allylic oxidation sites excluding steroid dienone is 3. The quantitative estimate of drug-likeness (QED) is 0.314. The zero-order chi connectivity index (χ0) is 29.6. The summed E-state index contributed by atoms with van der Waals surface area (Å²) in [5.41, 5.74) is 12.5. The van der Waals surface area contributed by atoms with Gasteiger partial charge in [0.05, 0.1) is 33.3 Å². The first kappa shape index (κ1) is 29.1. The van der Waals surface area contributed by atoms with Gasteiger partial charge in [-0.15, -0.1) is 0 Å². The summed E-state index contributed by atoms with van der Waals surface area (Å²) in [5.74, 6) is 0.301. The van der Waals surface area contributed by atoms with Gasteiger partial charge in [0.25, 0.3) is 0 Å². The Balaban J connectivity index is 1.68. The molecule has 0 bridgehead atoms. The molecule has 2 aliphatic rings. The highest BCUT2D eigenvalue weighted by atomic mass is 35.5. The molecule has 8 heteroatoms. The van der Waals surface area contributed by atoms with Crippen LogP contribution in [0.3, 0.4) is 0 Å². The number of ether oxygens (including phenoxy) is 1. The smallest absolute Gasteiger partial charge is 0.162 e. The topological polar surface area (TPSA) is 79.4 Å². The van der Waals surface area contributed by atoms with E-state index in [4.69, 9.17) is 45.3 Å². The molecule has 3 aromatic carbocycles. The fraction of sp³-hybridized carbons (Fsp3) is 0.273. The number of ketones is 1. The average molecular weight is 607 g/mol. The summed E-state index contributed by atoms with van der Waals surface area (Å²) in [6.45, 7) is 8.45. The molecule has 0 fully saturated rings. The molecule has 1 atom stereocenters. The molecule has 5 nitrogen and oxygen atoms in total. The highest BCUT2D eigenvalue weighted by Gasteiger charge is 2.45. The number of rotatable bonds is 5. The van der Waals surface area contributed by atoms with Crippen molar-refractivity contribution < 1.29 is 9.53 Å². The second kappa shape index (κ2) is 11.1. The predicted octanol–water partition coefficient (Wildman–Crippen LogP) is 8.78. The molecule has 1 aliphatic heterocycles. The van der Waals surface area contributed by atoms with Crippen molar-refractivity contribution in [2.24, 2.45) is 11.1 Å². The van der Waals surface area contributed by atoms with Gasteiger partial charge in [0.15, 0.2) is 5.78 Å². The van der Waals surface area contributed by atoms with Crippen LogP contribution in [0.5, 0.6) is 5.75 Å². The molecule has 0 amide bonds. The Morgan fingerprint density at radius 3 is 2.44 bits per heavy atom. The summed E-state index contributed by atoms with van der Waals surface area (Å²) in [6, 6.07) is 18.9. The van der Waals surface area contributed by atoms with Gasteiger partial charge in [-0.25, -0.2) is 0 Å². The van der Waals surface area contributed by atoms with E-state index in [2.05, 4.69) is 26.0 Å². The molecular weight excluding hydrogens is 577 g/mol.